The Kier molecular flexibility index (Phi) is 4.44. The maximum atomic E-state index is 6.08. The van der Waals surface area contributed by atoms with Gasteiger partial charge in [-0.2, -0.15) is 0 Å². The van der Waals surface area contributed by atoms with Crippen LogP contribution in [0.15, 0.2) is 107 Å². The minimum atomic E-state index is 0.556. The molecule has 0 saturated heterocycles. The Hall–Kier alpha value is -3.46. The van der Waals surface area contributed by atoms with E-state index in [0.29, 0.717) is 5.55 Å². The van der Waals surface area contributed by atoms with Crippen molar-refractivity contribution in [1.82, 2.24) is 0 Å². The molecule has 0 radical (unpaired) electrons. The lowest BCUT2D eigenvalue weighted by molar-refractivity contribution is -0.684. The number of benzene rings is 2. The molecule has 0 unspecified atom stereocenters. The minimum Gasteiger partial charge on any atom is -0.434 e. The van der Waals surface area contributed by atoms with Crippen molar-refractivity contribution < 1.29 is 9.09 Å². The quantitative estimate of drug-likeness (QED) is 0.503. The van der Waals surface area contributed by atoms with Crippen LogP contribution in [-0.2, 0) is 0 Å². The van der Waals surface area contributed by atoms with Gasteiger partial charge in [-0.05, 0) is 30.2 Å². The Balaban J connectivity index is 1.91. The Bertz CT molecular complexity index is 1020. The first-order valence-electron chi connectivity index (χ1n) is 8.57. The van der Waals surface area contributed by atoms with Gasteiger partial charge in [0, 0.05) is 28.4 Å². The molecule has 0 bridgehead atoms. The van der Waals surface area contributed by atoms with Crippen LogP contribution >= 0.6 is 0 Å². The van der Waals surface area contributed by atoms with Crippen molar-refractivity contribution in [2.75, 3.05) is 0 Å². The van der Waals surface area contributed by atoms with Crippen molar-refractivity contribution in [3.8, 4) is 22.5 Å². The topological polar surface area (TPSA) is 29.4 Å². The highest BCUT2D eigenvalue weighted by molar-refractivity contribution is 5.68. The second-order valence-corrected chi connectivity index (χ2v) is 6.14. The molecule has 0 aliphatic carbocycles. The predicted molar refractivity (Wildman–Crippen MR) is 102 cm³/mol. The minimum absolute atomic E-state index is 0.556. The summed E-state index contributed by atoms with van der Waals surface area (Å²) >= 11 is 0. The van der Waals surface area contributed by atoms with Gasteiger partial charge in [0.2, 0.25) is 12.4 Å². The van der Waals surface area contributed by atoms with Crippen LogP contribution in [0.25, 0.3) is 22.5 Å². The third kappa shape index (κ3) is 3.62. The van der Waals surface area contributed by atoms with E-state index in [0.717, 1.165) is 28.0 Å². The molecule has 0 atom stereocenters. The molecule has 4 aromatic rings. The highest BCUT2D eigenvalue weighted by Gasteiger charge is 2.07. The van der Waals surface area contributed by atoms with Gasteiger partial charge in [0.15, 0.2) is 0 Å². The molecule has 3 nitrogen and oxygen atoms in total. The first kappa shape index (κ1) is 16.0. The maximum absolute atomic E-state index is 6.08. The van der Waals surface area contributed by atoms with E-state index >= 15 is 0 Å². The molecule has 2 aromatic heterocycles. The standard InChI is InChI=1S/C23H19N2O/c1-18-9-8-14-25(17-18)24-23-16-21(19-10-4-2-5-11-19)15-22(26-23)20-12-6-3-7-13-20/h2-17H,1H3/q+1/b24-23+. The Morgan fingerprint density at radius 1 is 0.731 bits per heavy atom. The van der Waals surface area contributed by atoms with E-state index in [9.17, 15) is 0 Å². The number of nitrogens with zero attached hydrogens (tertiary/aromatic N) is 2. The van der Waals surface area contributed by atoms with Crippen LogP contribution < -0.4 is 10.2 Å². The van der Waals surface area contributed by atoms with Crippen molar-refractivity contribution >= 4 is 0 Å². The van der Waals surface area contributed by atoms with Crippen LogP contribution in [0, 0.1) is 6.92 Å². The van der Waals surface area contributed by atoms with Crippen LogP contribution in [0.4, 0.5) is 0 Å². The summed E-state index contributed by atoms with van der Waals surface area (Å²) in [4.78, 5) is 0. The van der Waals surface area contributed by atoms with E-state index in [1.54, 1.807) is 4.68 Å². The molecule has 0 aliphatic rings. The largest absolute Gasteiger partial charge is 0.434 e. The first-order chi connectivity index (χ1) is 12.8. The van der Waals surface area contributed by atoms with E-state index in [1.165, 1.54) is 0 Å². The van der Waals surface area contributed by atoms with Gasteiger partial charge in [-0.25, -0.2) is 0 Å². The lowest BCUT2D eigenvalue weighted by Gasteiger charge is -2.05. The summed E-state index contributed by atoms with van der Waals surface area (Å²) < 4.78 is 7.86. The molecule has 0 spiro atoms. The zero-order chi connectivity index (χ0) is 17.8. The average Bonchev–Trinajstić information content (AvgIpc) is 2.69. The van der Waals surface area contributed by atoms with E-state index in [4.69, 9.17) is 4.42 Å². The summed E-state index contributed by atoms with van der Waals surface area (Å²) in [6, 6.07) is 28.4. The average molecular weight is 339 g/mol. The number of pyridine rings is 1. The Labute approximate surface area is 152 Å². The van der Waals surface area contributed by atoms with Crippen LogP contribution in [0.1, 0.15) is 5.56 Å². The van der Waals surface area contributed by atoms with Crippen LogP contribution in [0.2, 0.25) is 0 Å². The zero-order valence-corrected chi connectivity index (χ0v) is 14.5. The zero-order valence-electron chi connectivity index (χ0n) is 14.5. The summed E-state index contributed by atoms with van der Waals surface area (Å²) in [6.45, 7) is 2.04. The molecule has 0 N–H and O–H groups in total. The van der Waals surface area contributed by atoms with Crippen molar-refractivity contribution in [2.45, 2.75) is 6.92 Å². The van der Waals surface area contributed by atoms with Gasteiger partial charge >= 0.3 is 0 Å². The van der Waals surface area contributed by atoms with E-state index in [-0.39, 0.29) is 0 Å². The van der Waals surface area contributed by atoms with Crippen molar-refractivity contribution in [1.29, 1.82) is 0 Å². The lowest BCUT2D eigenvalue weighted by Crippen LogP contribution is -2.30. The highest BCUT2D eigenvalue weighted by atomic mass is 16.3. The smallest absolute Gasteiger partial charge is 0.285 e. The molecular formula is C23H19N2O+. The third-order valence-corrected chi connectivity index (χ3v) is 4.09. The van der Waals surface area contributed by atoms with Crippen molar-refractivity contribution in [3.05, 3.63) is 108 Å². The lowest BCUT2D eigenvalue weighted by atomic mass is 10.0. The van der Waals surface area contributed by atoms with Gasteiger partial charge < -0.3 is 4.42 Å². The molecule has 2 heterocycles. The van der Waals surface area contributed by atoms with Gasteiger partial charge in [0.25, 0.3) is 5.55 Å². The SMILES string of the molecule is Cc1ccc[n+](/N=c2\cc(-c3ccccc3)cc(-c3ccccc3)o2)c1. The number of aromatic nitrogens is 1. The van der Waals surface area contributed by atoms with Crippen LogP contribution in [0.3, 0.4) is 0 Å². The molecule has 0 aliphatic heterocycles. The number of hydrogen-bond donors (Lipinski definition) is 0. The highest BCUT2D eigenvalue weighted by Crippen LogP contribution is 2.24. The van der Waals surface area contributed by atoms with Crippen molar-refractivity contribution in [3.63, 3.8) is 0 Å². The number of aryl methyl sites for hydroxylation is 1. The Morgan fingerprint density at radius 2 is 1.42 bits per heavy atom. The molecular weight excluding hydrogens is 320 g/mol. The molecule has 2 aromatic carbocycles. The normalized spacial score (nSPS) is 11.5. The maximum Gasteiger partial charge on any atom is 0.285 e. The van der Waals surface area contributed by atoms with Gasteiger partial charge in [0.1, 0.15) is 5.76 Å². The van der Waals surface area contributed by atoms with E-state index < -0.39 is 0 Å². The monoisotopic (exact) mass is 339 g/mol. The van der Waals surface area contributed by atoms with Crippen LogP contribution in [0.5, 0.6) is 0 Å². The summed E-state index contributed by atoms with van der Waals surface area (Å²) in [5.74, 6) is 0.791. The van der Waals surface area contributed by atoms with E-state index in [1.807, 2.05) is 86.0 Å². The molecule has 126 valence electrons. The number of rotatable bonds is 3. The van der Waals surface area contributed by atoms with Gasteiger partial charge in [-0.3, -0.25) is 0 Å². The predicted octanol–water partition coefficient (Wildman–Crippen LogP) is 4.57. The fraction of sp³-hybridized carbons (Fsp3) is 0.0435. The molecule has 0 amide bonds. The van der Waals surface area contributed by atoms with Crippen LogP contribution in [-0.4, -0.2) is 0 Å². The molecule has 26 heavy (non-hydrogen) atoms. The Morgan fingerprint density at radius 3 is 2.12 bits per heavy atom. The van der Waals surface area contributed by atoms with Crippen molar-refractivity contribution in [2.24, 2.45) is 5.10 Å². The fourth-order valence-electron chi connectivity index (χ4n) is 2.83. The second kappa shape index (κ2) is 7.19. The molecule has 0 fully saturated rings. The first-order valence-corrected chi connectivity index (χ1v) is 8.57. The molecule has 4 rings (SSSR count). The second-order valence-electron chi connectivity index (χ2n) is 6.14. The van der Waals surface area contributed by atoms with Gasteiger partial charge in [-0.1, -0.05) is 65.3 Å². The van der Waals surface area contributed by atoms with Gasteiger partial charge in [0.05, 0.1) is 0 Å². The molecule has 3 heteroatoms. The summed E-state index contributed by atoms with van der Waals surface area (Å²) in [6.07, 6.45) is 3.87. The molecule has 0 saturated carbocycles. The fourth-order valence-corrected chi connectivity index (χ4v) is 2.83. The summed E-state index contributed by atoms with van der Waals surface area (Å²) in [7, 11) is 0. The summed E-state index contributed by atoms with van der Waals surface area (Å²) in [5, 5.41) is 4.62. The summed E-state index contributed by atoms with van der Waals surface area (Å²) in [5.41, 5.74) is 4.92. The third-order valence-electron chi connectivity index (χ3n) is 4.09. The van der Waals surface area contributed by atoms with Gasteiger partial charge in [-0.15, -0.1) is 0 Å². The van der Waals surface area contributed by atoms with E-state index in [2.05, 4.69) is 23.3 Å². The number of hydrogen-bond acceptors (Lipinski definition) is 2.